The van der Waals surface area contributed by atoms with Gasteiger partial charge in [0, 0.05) is 77.5 Å². The molecule has 0 saturated carbocycles. The lowest BCUT2D eigenvalue weighted by Gasteiger charge is -2.28. The Morgan fingerprint density at radius 2 is 0.431 bits per heavy atom. The molecule has 0 aliphatic heterocycles. The van der Waals surface area contributed by atoms with Crippen molar-refractivity contribution in [1.29, 1.82) is 0 Å². The highest BCUT2D eigenvalue weighted by Gasteiger charge is 2.34. The normalized spacial score (nSPS) is 13.9. The van der Waals surface area contributed by atoms with Crippen molar-refractivity contribution >= 4 is 17.9 Å². The number of benzene rings is 8. The molecule has 16 bridgehead atoms. The van der Waals surface area contributed by atoms with Gasteiger partial charge in [0.25, 0.3) is 11.8 Å². The highest BCUT2D eigenvalue weighted by Crippen LogP contribution is 2.48. The lowest BCUT2D eigenvalue weighted by Crippen LogP contribution is -2.45. The number of hydrogen-bond donors (Lipinski definition) is 8. The molecule has 15 nitrogen and oxygen atoms in total. The number of aromatic hydroxyl groups is 6. The topological polar surface area (TPSA) is 228 Å². The number of carbonyl (C=O) groups excluding carboxylic acids is 3. The first kappa shape index (κ1) is 88.7. The highest BCUT2D eigenvalue weighted by atomic mass is 16.6. The summed E-state index contributed by atoms with van der Waals surface area (Å²) in [5.41, 5.74) is 15.1. The van der Waals surface area contributed by atoms with Crippen LogP contribution in [0.2, 0.25) is 0 Å². The lowest BCUT2D eigenvalue weighted by atomic mass is 9.79. The average Bonchev–Trinajstić information content (AvgIpc) is 0.766. The van der Waals surface area contributed by atoms with E-state index < -0.39 is 36.7 Å². The van der Waals surface area contributed by atoms with E-state index >= 15 is 0 Å². The van der Waals surface area contributed by atoms with Gasteiger partial charge in [-0.25, -0.2) is 4.79 Å². The Bertz CT molecular complexity index is 4530. The molecular weight excluding hydrogens is 1450 g/mol. The van der Waals surface area contributed by atoms with Gasteiger partial charge in [0.15, 0.2) is 13.2 Å². The van der Waals surface area contributed by atoms with Gasteiger partial charge in [0.1, 0.15) is 51.6 Å². The Labute approximate surface area is 692 Å². The summed E-state index contributed by atoms with van der Waals surface area (Å²) in [7, 11) is 0. The van der Waals surface area contributed by atoms with E-state index in [1.165, 1.54) is 4.90 Å². The van der Waals surface area contributed by atoms with Gasteiger partial charge in [-0.3, -0.25) is 9.59 Å². The van der Waals surface area contributed by atoms with Crippen LogP contribution < -0.4 is 20.1 Å². The fraction of sp³-hybridized carbons (Fsp3) is 0.495. The molecule has 8 aromatic rings. The first-order valence-corrected chi connectivity index (χ1v) is 41.5. The summed E-state index contributed by atoms with van der Waals surface area (Å²) in [4.78, 5) is 44.7. The predicted molar refractivity (Wildman–Crippen MR) is 468 cm³/mol. The summed E-state index contributed by atoms with van der Waals surface area (Å²) in [6.45, 7) is 55.8. The van der Waals surface area contributed by atoms with Crippen LogP contribution in [0.4, 0.5) is 4.79 Å². The molecule has 0 unspecified atom stereocenters. The molecule has 8 aromatic carbocycles. The Kier molecular flexibility index (Phi) is 25.0. The standard InChI is InChI=1S/C101H133N3O12/c1-93(2,3)74-40-58-32-62-44-76(95(7,8)9)48-66(86(62)109)36-70-52-80(99(19,20)21)53-71(37-67-49-77(96(10,11)12)45-63(87(67)110)33-59(41-74)84(58)107)90(70)114-56-82(105)102-28-30-104(92(113)116-101(25,26)27)31-29-103-83(106)57-115-91-72-38-68-50-78(97(13,14)15)46-64(88(68)111)34-60-42-75(94(4,5)6)43-61(85(60)108)35-65-47-79(98(16,17)18)51-69(89(65)112)39-73(91)55-81(54-72)100(22,23)24/h40-55,107-112H,28-39,56-57H2,1-27H3,(H,102,105)(H,103,106). The molecule has 0 fully saturated rings. The van der Waals surface area contributed by atoms with Crippen molar-refractivity contribution in [2.24, 2.45) is 0 Å². The van der Waals surface area contributed by atoms with E-state index in [0.29, 0.717) is 78.3 Å². The summed E-state index contributed by atoms with van der Waals surface area (Å²) in [5, 5.41) is 81.4. The molecule has 8 N–H and O–H groups in total. The van der Waals surface area contributed by atoms with Crippen molar-refractivity contribution in [2.45, 2.75) is 287 Å². The fourth-order valence-electron chi connectivity index (χ4n) is 15.3. The van der Waals surface area contributed by atoms with Crippen LogP contribution in [0.25, 0.3) is 0 Å². The molecule has 0 atom stereocenters. The van der Waals surface area contributed by atoms with E-state index in [2.05, 4.69) is 201 Å². The van der Waals surface area contributed by atoms with Crippen molar-refractivity contribution in [3.8, 4) is 46.0 Å². The third-order valence-electron chi connectivity index (χ3n) is 22.8. The number of phenolic OH excluding ortho intramolecular Hbond substituents is 6. The van der Waals surface area contributed by atoms with Crippen LogP contribution in [0.5, 0.6) is 46.0 Å². The molecule has 0 radical (unpaired) electrons. The Morgan fingerprint density at radius 3 is 0.586 bits per heavy atom. The summed E-state index contributed by atoms with van der Waals surface area (Å²) in [6, 6.07) is 32.8. The second-order valence-electron chi connectivity index (χ2n) is 42.3. The molecule has 3 amide bonds. The molecule has 15 heteroatoms. The van der Waals surface area contributed by atoms with Crippen LogP contribution in [0, 0.1) is 0 Å². The SMILES string of the molecule is CC(C)(C)OC(=O)N(CCNC(=O)COc1c2cc(C(C)(C)C)cc1Cc1cc(C(C)(C)C)cc(c1O)Cc1cc(C(C)(C)C)cc(c1O)Cc1cc(C(C)(C)C)cc(c1O)C2)CCNC(=O)COc1c2cc(C(C)(C)C)cc1Cc1cc(C(C)(C)C)cc(c1O)Cc1cc(C(C)(C)C)cc(c1O)Cc1cc(C(C)(C)C)cc(c1O)C2. The number of rotatable bonds is 12. The number of fused-ring (bicyclic) bond motifs is 16. The van der Waals surface area contributed by atoms with Gasteiger partial charge in [0.2, 0.25) is 0 Å². The maximum Gasteiger partial charge on any atom is 0.410 e. The number of nitrogens with zero attached hydrogens (tertiary/aromatic N) is 1. The predicted octanol–water partition coefficient (Wildman–Crippen LogP) is 20.6. The van der Waals surface area contributed by atoms with Crippen LogP contribution in [0.3, 0.4) is 0 Å². The van der Waals surface area contributed by atoms with Gasteiger partial charge in [-0.1, -0.05) is 263 Å². The third-order valence-corrected chi connectivity index (χ3v) is 22.8. The van der Waals surface area contributed by atoms with Crippen molar-refractivity contribution < 1.29 is 59.2 Å². The fourth-order valence-corrected chi connectivity index (χ4v) is 15.3. The highest BCUT2D eigenvalue weighted by molar-refractivity contribution is 5.79. The average molecular weight is 1580 g/mol. The Hall–Kier alpha value is -9.63. The quantitative estimate of drug-likeness (QED) is 0.0572. The van der Waals surface area contributed by atoms with Crippen molar-refractivity contribution in [3.05, 3.63) is 231 Å². The lowest BCUT2D eigenvalue weighted by molar-refractivity contribution is -0.123. The molecule has 10 rings (SSSR count). The maximum absolute atomic E-state index is 14.5. The number of carbonyl (C=O) groups is 3. The van der Waals surface area contributed by atoms with E-state index in [1.54, 1.807) is 20.8 Å². The minimum atomic E-state index is -0.892. The third kappa shape index (κ3) is 21.2. The van der Waals surface area contributed by atoms with E-state index in [4.69, 9.17) is 14.2 Å². The smallest absolute Gasteiger partial charge is 0.410 e. The van der Waals surface area contributed by atoms with Gasteiger partial charge in [-0.05, 0) is 198 Å². The van der Waals surface area contributed by atoms with Gasteiger partial charge in [0.05, 0.1) is 0 Å². The van der Waals surface area contributed by atoms with Crippen LogP contribution >= 0.6 is 0 Å². The Balaban J connectivity index is 0.947. The Morgan fingerprint density at radius 1 is 0.276 bits per heavy atom. The zero-order valence-electron chi connectivity index (χ0n) is 74.7. The number of amides is 3. The summed E-state index contributed by atoms with van der Waals surface area (Å²) < 4.78 is 19.7. The maximum atomic E-state index is 14.5. The van der Waals surface area contributed by atoms with Gasteiger partial charge in [-0.15, -0.1) is 0 Å². The second-order valence-corrected chi connectivity index (χ2v) is 42.3. The molecule has 0 spiro atoms. The van der Waals surface area contributed by atoms with Crippen LogP contribution in [-0.2, 0) is 109 Å². The first-order chi connectivity index (χ1) is 53.3. The second kappa shape index (κ2) is 32.7. The summed E-state index contributed by atoms with van der Waals surface area (Å²) >= 11 is 0. The molecule has 116 heavy (non-hydrogen) atoms. The van der Waals surface area contributed by atoms with Crippen LogP contribution in [0.15, 0.2) is 97.1 Å². The van der Waals surface area contributed by atoms with Crippen molar-refractivity contribution in [2.75, 3.05) is 39.4 Å². The van der Waals surface area contributed by atoms with Gasteiger partial charge in [-0.2, -0.15) is 0 Å². The molecule has 2 aliphatic rings. The van der Waals surface area contributed by atoms with E-state index in [-0.39, 0.29) is 155 Å². The number of phenols is 6. The van der Waals surface area contributed by atoms with Gasteiger partial charge >= 0.3 is 6.09 Å². The molecule has 0 aromatic heterocycles. The molecule has 0 heterocycles. The monoisotopic (exact) mass is 1580 g/mol. The number of nitrogens with one attached hydrogen (secondary N) is 2. The summed E-state index contributed by atoms with van der Waals surface area (Å²) in [5.74, 6) is 0.554. The summed E-state index contributed by atoms with van der Waals surface area (Å²) in [6.07, 6.45) is 1.07. The zero-order chi connectivity index (χ0) is 86.0. The molecule has 0 saturated heterocycles. The zero-order valence-corrected chi connectivity index (χ0v) is 74.7. The number of ether oxygens (including phenoxy) is 3. The van der Waals surface area contributed by atoms with Crippen molar-refractivity contribution in [1.82, 2.24) is 15.5 Å². The van der Waals surface area contributed by atoms with E-state index in [9.17, 15) is 45.0 Å². The van der Waals surface area contributed by atoms with Gasteiger partial charge < -0.3 is 60.4 Å². The molecular formula is C101H133N3O12. The largest absolute Gasteiger partial charge is 0.507 e. The molecule has 2 aliphatic carbocycles. The van der Waals surface area contributed by atoms with E-state index in [0.717, 1.165) is 66.8 Å². The first-order valence-electron chi connectivity index (χ1n) is 41.5. The minimum absolute atomic E-state index is 0.00599. The molecule has 624 valence electrons. The van der Waals surface area contributed by atoms with Crippen LogP contribution in [-0.4, -0.2) is 98.4 Å². The van der Waals surface area contributed by atoms with Crippen molar-refractivity contribution in [3.63, 3.8) is 0 Å². The minimum Gasteiger partial charge on any atom is -0.507 e. The van der Waals surface area contributed by atoms with E-state index in [1.807, 2.05) is 72.8 Å². The number of hydrogen-bond acceptors (Lipinski definition) is 12. The van der Waals surface area contributed by atoms with Crippen LogP contribution in [0.1, 0.15) is 320 Å².